The van der Waals surface area contributed by atoms with Crippen molar-refractivity contribution in [1.82, 2.24) is 10.2 Å². The van der Waals surface area contributed by atoms with Crippen molar-refractivity contribution in [3.05, 3.63) is 0 Å². The number of rotatable bonds is 6. The van der Waals surface area contributed by atoms with Gasteiger partial charge in [0.2, 0.25) is 0 Å². The van der Waals surface area contributed by atoms with E-state index in [0.29, 0.717) is 6.04 Å². The van der Waals surface area contributed by atoms with Crippen LogP contribution in [-0.4, -0.2) is 49.3 Å². The molecule has 108 valence electrons. The average molecular weight is 256 g/mol. The largest absolute Gasteiger partial charge is 0.395 e. The van der Waals surface area contributed by atoms with E-state index in [9.17, 15) is 5.11 Å². The fourth-order valence-corrected chi connectivity index (χ4v) is 3.18. The number of hydrogen-bond donors (Lipinski definition) is 2. The van der Waals surface area contributed by atoms with E-state index in [1.807, 2.05) is 0 Å². The Morgan fingerprint density at radius 3 is 2.44 bits per heavy atom. The lowest BCUT2D eigenvalue weighted by molar-refractivity contribution is 0.0975. The first-order valence-electron chi connectivity index (χ1n) is 7.47. The molecule has 4 atom stereocenters. The van der Waals surface area contributed by atoms with Crippen LogP contribution >= 0.6 is 0 Å². The predicted octanol–water partition coefficient (Wildman–Crippen LogP) is 1.96. The van der Waals surface area contributed by atoms with Crippen LogP contribution in [0.5, 0.6) is 0 Å². The van der Waals surface area contributed by atoms with Crippen LogP contribution in [-0.2, 0) is 0 Å². The van der Waals surface area contributed by atoms with Crippen LogP contribution in [0.4, 0.5) is 0 Å². The highest BCUT2D eigenvalue weighted by Crippen LogP contribution is 2.34. The van der Waals surface area contributed by atoms with Crippen molar-refractivity contribution in [3.8, 4) is 0 Å². The van der Waals surface area contributed by atoms with Gasteiger partial charge in [0.15, 0.2) is 0 Å². The van der Waals surface area contributed by atoms with Gasteiger partial charge in [-0.2, -0.15) is 0 Å². The average Bonchev–Trinajstić information content (AvgIpc) is 2.37. The van der Waals surface area contributed by atoms with Gasteiger partial charge in [0, 0.05) is 18.6 Å². The first-order chi connectivity index (χ1) is 8.49. The SMILES string of the molecule is CNC1CCC(C(C)C)CC1CN(C)C(C)CO. The van der Waals surface area contributed by atoms with Gasteiger partial charge in [-0.05, 0) is 58.0 Å². The van der Waals surface area contributed by atoms with Gasteiger partial charge in [-0.15, -0.1) is 0 Å². The van der Waals surface area contributed by atoms with Gasteiger partial charge in [0.05, 0.1) is 6.61 Å². The van der Waals surface area contributed by atoms with E-state index in [4.69, 9.17) is 0 Å². The number of hydrogen-bond acceptors (Lipinski definition) is 3. The van der Waals surface area contributed by atoms with Gasteiger partial charge in [-0.1, -0.05) is 13.8 Å². The van der Waals surface area contributed by atoms with Gasteiger partial charge in [-0.25, -0.2) is 0 Å². The molecular weight excluding hydrogens is 224 g/mol. The molecule has 0 bridgehead atoms. The molecule has 18 heavy (non-hydrogen) atoms. The second kappa shape index (κ2) is 7.46. The van der Waals surface area contributed by atoms with E-state index in [2.05, 4.69) is 45.1 Å². The molecular formula is C15H32N2O. The fraction of sp³-hybridized carbons (Fsp3) is 1.00. The van der Waals surface area contributed by atoms with Crippen molar-refractivity contribution in [2.75, 3.05) is 27.2 Å². The van der Waals surface area contributed by atoms with E-state index in [0.717, 1.165) is 24.3 Å². The number of nitrogens with one attached hydrogen (secondary N) is 1. The first-order valence-corrected chi connectivity index (χ1v) is 7.47. The molecule has 3 nitrogen and oxygen atoms in total. The van der Waals surface area contributed by atoms with Gasteiger partial charge >= 0.3 is 0 Å². The molecule has 0 heterocycles. The highest BCUT2D eigenvalue weighted by atomic mass is 16.3. The molecule has 0 aliphatic heterocycles. The van der Waals surface area contributed by atoms with Crippen LogP contribution in [0.25, 0.3) is 0 Å². The zero-order chi connectivity index (χ0) is 13.7. The van der Waals surface area contributed by atoms with Gasteiger partial charge in [0.25, 0.3) is 0 Å². The second-order valence-electron chi connectivity index (χ2n) is 6.44. The molecule has 1 fully saturated rings. The first kappa shape index (κ1) is 15.9. The minimum atomic E-state index is 0.251. The Balaban J connectivity index is 2.57. The molecule has 1 saturated carbocycles. The summed E-state index contributed by atoms with van der Waals surface area (Å²) in [5, 5.41) is 12.7. The third-order valence-electron chi connectivity index (χ3n) is 4.88. The number of aliphatic hydroxyl groups is 1. The Morgan fingerprint density at radius 1 is 1.28 bits per heavy atom. The van der Waals surface area contributed by atoms with Crippen molar-refractivity contribution in [2.45, 2.75) is 52.1 Å². The molecule has 0 radical (unpaired) electrons. The van der Waals surface area contributed by atoms with Crippen LogP contribution in [0.3, 0.4) is 0 Å². The topological polar surface area (TPSA) is 35.5 Å². The van der Waals surface area contributed by atoms with Crippen molar-refractivity contribution in [3.63, 3.8) is 0 Å². The number of aliphatic hydroxyl groups excluding tert-OH is 1. The van der Waals surface area contributed by atoms with E-state index in [1.54, 1.807) is 0 Å². The predicted molar refractivity (Wildman–Crippen MR) is 77.7 cm³/mol. The lowest BCUT2D eigenvalue weighted by Gasteiger charge is -2.40. The zero-order valence-corrected chi connectivity index (χ0v) is 12.8. The van der Waals surface area contributed by atoms with Crippen LogP contribution in [0.15, 0.2) is 0 Å². The van der Waals surface area contributed by atoms with Crippen molar-refractivity contribution >= 4 is 0 Å². The summed E-state index contributed by atoms with van der Waals surface area (Å²) in [4.78, 5) is 2.30. The molecule has 1 aliphatic carbocycles. The molecule has 3 heteroatoms. The van der Waals surface area contributed by atoms with Gasteiger partial charge < -0.3 is 15.3 Å². The summed E-state index contributed by atoms with van der Waals surface area (Å²) in [5.74, 6) is 2.39. The lowest BCUT2D eigenvalue weighted by Crippen LogP contribution is -2.46. The Morgan fingerprint density at radius 2 is 1.94 bits per heavy atom. The summed E-state index contributed by atoms with van der Waals surface area (Å²) in [6.07, 6.45) is 3.98. The molecule has 0 aromatic carbocycles. The smallest absolute Gasteiger partial charge is 0.0584 e. The van der Waals surface area contributed by atoms with E-state index in [1.165, 1.54) is 19.3 Å². The Hall–Kier alpha value is -0.120. The van der Waals surface area contributed by atoms with E-state index >= 15 is 0 Å². The third-order valence-corrected chi connectivity index (χ3v) is 4.88. The summed E-state index contributed by atoms with van der Waals surface area (Å²) >= 11 is 0. The van der Waals surface area contributed by atoms with E-state index < -0.39 is 0 Å². The highest BCUT2D eigenvalue weighted by Gasteiger charge is 2.31. The molecule has 1 rings (SSSR count). The maximum absolute atomic E-state index is 9.24. The van der Waals surface area contributed by atoms with Crippen LogP contribution in [0, 0.1) is 17.8 Å². The second-order valence-corrected chi connectivity index (χ2v) is 6.44. The normalized spacial score (nSPS) is 31.0. The standard InChI is InChI=1S/C15H32N2O/c1-11(2)13-6-7-15(16-4)14(8-13)9-17(5)12(3)10-18/h11-16,18H,6-10H2,1-5H3. The highest BCUT2D eigenvalue weighted by molar-refractivity contribution is 4.87. The minimum absolute atomic E-state index is 0.251. The van der Waals surface area contributed by atoms with Crippen LogP contribution in [0.2, 0.25) is 0 Å². The molecule has 0 aromatic rings. The van der Waals surface area contributed by atoms with Crippen LogP contribution < -0.4 is 5.32 Å². The van der Waals surface area contributed by atoms with Crippen molar-refractivity contribution < 1.29 is 5.11 Å². The molecule has 4 unspecified atom stereocenters. The van der Waals surface area contributed by atoms with Crippen LogP contribution in [0.1, 0.15) is 40.0 Å². The molecule has 0 saturated heterocycles. The lowest BCUT2D eigenvalue weighted by atomic mass is 9.73. The summed E-state index contributed by atoms with van der Waals surface area (Å²) in [6.45, 7) is 8.14. The molecule has 0 amide bonds. The van der Waals surface area contributed by atoms with Crippen molar-refractivity contribution in [1.29, 1.82) is 0 Å². The summed E-state index contributed by atoms with van der Waals surface area (Å²) in [5.41, 5.74) is 0. The molecule has 1 aliphatic rings. The Bertz CT molecular complexity index is 233. The van der Waals surface area contributed by atoms with Gasteiger partial charge in [-0.3, -0.25) is 0 Å². The number of nitrogens with zero attached hydrogens (tertiary/aromatic N) is 1. The quantitative estimate of drug-likeness (QED) is 0.762. The Labute approximate surface area is 113 Å². The molecule has 2 N–H and O–H groups in total. The minimum Gasteiger partial charge on any atom is -0.395 e. The Kier molecular flexibility index (Phi) is 6.61. The van der Waals surface area contributed by atoms with Gasteiger partial charge in [0.1, 0.15) is 0 Å². The monoisotopic (exact) mass is 256 g/mol. The third kappa shape index (κ3) is 4.22. The maximum atomic E-state index is 9.24. The summed E-state index contributed by atoms with van der Waals surface area (Å²) in [7, 11) is 4.22. The molecule has 0 spiro atoms. The van der Waals surface area contributed by atoms with E-state index in [-0.39, 0.29) is 12.6 Å². The summed E-state index contributed by atoms with van der Waals surface area (Å²) < 4.78 is 0. The van der Waals surface area contributed by atoms with Crippen molar-refractivity contribution in [2.24, 2.45) is 17.8 Å². The zero-order valence-electron chi connectivity index (χ0n) is 12.8. The number of likely N-dealkylation sites (N-methyl/N-ethyl adjacent to an activating group) is 1. The summed E-state index contributed by atoms with van der Waals surface area (Å²) in [6, 6.07) is 0.912. The fourth-order valence-electron chi connectivity index (χ4n) is 3.18. The molecule has 0 aromatic heterocycles. The maximum Gasteiger partial charge on any atom is 0.0584 e.